The third-order valence-electron chi connectivity index (χ3n) is 3.58. The second-order valence-corrected chi connectivity index (χ2v) is 5.33. The maximum absolute atomic E-state index is 12.2. The van der Waals surface area contributed by atoms with E-state index in [4.69, 9.17) is 9.84 Å². The van der Waals surface area contributed by atoms with Crippen LogP contribution in [-0.2, 0) is 16.0 Å². The SMILES string of the molecule is CCc1ccccc1NC(=O)COC(=O)c1ccccc1NCCO. The zero-order valence-corrected chi connectivity index (χ0v) is 14.1. The van der Waals surface area contributed by atoms with Gasteiger partial charge in [0.25, 0.3) is 5.91 Å². The van der Waals surface area contributed by atoms with Gasteiger partial charge in [-0.05, 0) is 30.2 Å². The van der Waals surface area contributed by atoms with Gasteiger partial charge in [0, 0.05) is 17.9 Å². The maximum Gasteiger partial charge on any atom is 0.340 e. The number of benzene rings is 2. The molecule has 0 radical (unpaired) electrons. The predicted molar refractivity (Wildman–Crippen MR) is 96.7 cm³/mol. The number of nitrogens with one attached hydrogen (secondary N) is 2. The number of amides is 1. The minimum Gasteiger partial charge on any atom is -0.452 e. The molecule has 2 aromatic rings. The molecule has 0 saturated carbocycles. The van der Waals surface area contributed by atoms with Crippen molar-refractivity contribution < 1.29 is 19.4 Å². The lowest BCUT2D eigenvalue weighted by Crippen LogP contribution is -2.22. The van der Waals surface area contributed by atoms with Gasteiger partial charge < -0.3 is 20.5 Å². The van der Waals surface area contributed by atoms with E-state index >= 15 is 0 Å². The fraction of sp³-hybridized carbons (Fsp3) is 0.263. The molecule has 0 aliphatic rings. The molecule has 0 spiro atoms. The summed E-state index contributed by atoms with van der Waals surface area (Å²) in [5, 5.41) is 14.6. The van der Waals surface area contributed by atoms with E-state index in [9.17, 15) is 9.59 Å². The third kappa shape index (κ3) is 5.32. The van der Waals surface area contributed by atoms with Crippen LogP contribution in [0.3, 0.4) is 0 Å². The number of esters is 1. The molecule has 3 N–H and O–H groups in total. The molecular formula is C19H22N2O4. The van der Waals surface area contributed by atoms with Gasteiger partial charge >= 0.3 is 5.97 Å². The molecule has 0 fully saturated rings. The van der Waals surface area contributed by atoms with Gasteiger partial charge in [-0.1, -0.05) is 37.3 Å². The van der Waals surface area contributed by atoms with Gasteiger partial charge in [-0.25, -0.2) is 4.79 Å². The number of para-hydroxylation sites is 2. The molecule has 132 valence electrons. The molecular weight excluding hydrogens is 320 g/mol. The minimum absolute atomic E-state index is 0.0530. The van der Waals surface area contributed by atoms with Crippen molar-refractivity contribution >= 4 is 23.3 Å². The Morgan fingerprint density at radius 1 is 1.04 bits per heavy atom. The van der Waals surface area contributed by atoms with Crippen molar-refractivity contribution in [3.8, 4) is 0 Å². The lowest BCUT2D eigenvalue weighted by atomic mass is 10.1. The Balaban J connectivity index is 1.94. The van der Waals surface area contributed by atoms with Crippen molar-refractivity contribution in [1.82, 2.24) is 0 Å². The largest absolute Gasteiger partial charge is 0.452 e. The second kappa shape index (κ2) is 9.44. The number of aliphatic hydroxyl groups is 1. The van der Waals surface area contributed by atoms with Crippen molar-refractivity contribution in [3.63, 3.8) is 0 Å². The quantitative estimate of drug-likeness (QED) is 0.642. The van der Waals surface area contributed by atoms with E-state index in [0.29, 0.717) is 17.8 Å². The molecule has 0 aliphatic heterocycles. The van der Waals surface area contributed by atoms with Gasteiger partial charge in [0.05, 0.1) is 12.2 Å². The van der Waals surface area contributed by atoms with E-state index in [1.165, 1.54) is 0 Å². The van der Waals surface area contributed by atoms with Crippen LogP contribution >= 0.6 is 0 Å². The molecule has 0 aromatic heterocycles. The highest BCUT2D eigenvalue weighted by Crippen LogP contribution is 2.17. The van der Waals surface area contributed by atoms with E-state index in [2.05, 4.69) is 10.6 Å². The Morgan fingerprint density at radius 3 is 2.44 bits per heavy atom. The van der Waals surface area contributed by atoms with Gasteiger partial charge in [-0.3, -0.25) is 4.79 Å². The molecule has 25 heavy (non-hydrogen) atoms. The number of aryl methyl sites for hydroxylation is 1. The van der Waals surface area contributed by atoms with Gasteiger partial charge in [0.15, 0.2) is 6.61 Å². The van der Waals surface area contributed by atoms with Crippen LogP contribution < -0.4 is 10.6 Å². The zero-order valence-electron chi connectivity index (χ0n) is 14.1. The molecule has 0 bridgehead atoms. The number of hydrogen-bond acceptors (Lipinski definition) is 5. The Hall–Kier alpha value is -2.86. The molecule has 0 aliphatic carbocycles. The predicted octanol–water partition coefficient (Wildman–Crippen LogP) is 2.45. The number of rotatable bonds is 8. The van der Waals surface area contributed by atoms with Crippen molar-refractivity contribution in [2.45, 2.75) is 13.3 Å². The average molecular weight is 342 g/mol. The monoisotopic (exact) mass is 342 g/mol. The van der Waals surface area contributed by atoms with Gasteiger partial charge in [0.2, 0.25) is 0 Å². The highest BCUT2D eigenvalue weighted by molar-refractivity contribution is 5.98. The maximum atomic E-state index is 12.2. The Bertz CT molecular complexity index is 731. The van der Waals surface area contributed by atoms with Crippen molar-refractivity contribution in [1.29, 1.82) is 0 Å². The van der Waals surface area contributed by atoms with Crippen LogP contribution in [0.2, 0.25) is 0 Å². The molecule has 2 rings (SSSR count). The van der Waals surface area contributed by atoms with Crippen LogP contribution in [0.5, 0.6) is 0 Å². The van der Waals surface area contributed by atoms with E-state index < -0.39 is 11.9 Å². The smallest absolute Gasteiger partial charge is 0.340 e. The normalized spacial score (nSPS) is 10.2. The molecule has 6 heteroatoms. The van der Waals surface area contributed by atoms with E-state index in [1.54, 1.807) is 24.3 Å². The first-order valence-electron chi connectivity index (χ1n) is 8.14. The summed E-state index contributed by atoms with van der Waals surface area (Å²) in [6.45, 7) is 1.90. The van der Waals surface area contributed by atoms with Crippen LogP contribution in [0.4, 0.5) is 11.4 Å². The summed E-state index contributed by atoms with van der Waals surface area (Å²) in [6.07, 6.45) is 0.792. The summed E-state index contributed by atoms with van der Waals surface area (Å²) in [4.78, 5) is 24.2. The number of hydrogen-bond donors (Lipinski definition) is 3. The van der Waals surface area contributed by atoms with E-state index in [1.807, 2.05) is 31.2 Å². The fourth-order valence-electron chi connectivity index (χ4n) is 2.35. The highest BCUT2D eigenvalue weighted by Gasteiger charge is 2.14. The molecule has 0 saturated heterocycles. The summed E-state index contributed by atoms with van der Waals surface area (Å²) >= 11 is 0. The van der Waals surface area contributed by atoms with Gasteiger partial charge in [0.1, 0.15) is 0 Å². The van der Waals surface area contributed by atoms with E-state index in [0.717, 1.165) is 17.7 Å². The molecule has 0 heterocycles. The van der Waals surface area contributed by atoms with Crippen LogP contribution in [0, 0.1) is 0 Å². The average Bonchev–Trinajstić information content (AvgIpc) is 2.65. The first-order valence-corrected chi connectivity index (χ1v) is 8.14. The summed E-state index contributed by atoms with van der Waals surface area (Å²) < 4.78 is 5.10. The van der Waals surface area contributed by atoms with Crippen LogP contribution in [-0.4, -0.2) is 36.7 Å². The second-order valence-electron chi connectivity index (χ2n) is 5.33. The Morgan fingerprint density at radius 2 is 1.72 bits per heavy atom. The van der Waals surface area contributed by atoms with Crippen molar-refractivity contribution in [3.05, 3.63) is 59.7 Å². The molecule has 2 aromatic carbocycles. The molecule has 0 unspecified atom stereocenters. The van der Waals surface area contributed by atoms with Crippen LogP contribution in [0.1, 0.15) is 22.8 Å². The first kappa shape index (κ1) is 18.5. The highest BCUT2D eigenvalue weighted by atomic mass is 16.5. The number of carbonyl (C=O) groups excluding carboxylic acids is 2. The third-order valence-corrected chi connectivity index (χ3v) is 3.58. The number of ether oxygens (including phenoxy) is 1. The first-order chi connectivity index (χ1) is 12.2. The summed E-state index contributed by atoms with van der Waals surface area (Å²) in [5.41, 5.74) is 2.60. The van der Waals surface area contributed by atoms with Gasteiger partial charge in [-0.15, -0.1) is 0 Å². The molecule has 6 nitrogen and oxygen atoms in total. The lowest BCUT2D eigenvalue weighted by molar-refractivity contribution is -0.119. The van der Waals surface area contributed by atoms with Gasteiger partial charge in [-0.2, -0.15) is 0 Å². The van der Waals surface area contributed by atoms with Crippen LogP contribution in [0.15, 0.2) is 48.5 Å². The van der Waals surface area contributed by atoms with Crippen molar-refractivity contribution in [2.24, 2.45) is 0 Å². The summed E-state index contributed by atoms with van der Waals surface area (Å²) in [5.74, 6) is -0.991. The Kier molecular flexibility index (Phi) is 6.98. The Labute approximate surface area is 146 Å². The number of aliphatic hydroxyl groups excluding tert-OH is 1. The van der Waals surface area contributed by atoms with E-state index in [-0.39, 0.29) is 13.2 Å². The summed E-state index contributed by atoms with van der Waals surface area (Å²) in [7, 11) is 0. The minimum atomic E-state index is -0.597. The van der Waals surface area contributed by atoms with Crippen LogP contribution in [0.25, 0.3) is 0 Å². The molecule has 1 amide bonds. The number of anilines is 2. The fourth-order valence-corrected chi connectivity index (χ4v) is 2.35. The number of carbonyl (C=O) groups is 2. The molecule has 0 atom stereocenters. The summed E-state index contributed by atoms with van der Waals surface area (Å²) in [6, 6.07) is 14.3. The standard InChI is InChI=1S/C19H22N2O4/c1-2-14-7-3-5-9-16(14)21-18(23)13-25-19(24)15-8-4-6-10-17(15)20-11-12-22/h3-10,20,22H,2,11-13H2,1H3,(H,21,23). The van der Waals surface area contributed by atoms with Crippen molar-refractivity contribution in [2.75, 3.05) is 30.4 Å². The zero-order chi connectivity index (χ0) is 18.1. The lowest BCUT2D eigenvalue weighted by Gasteiger charge is -2.12. The topological polar surface area (TPSA) is 87.7 Å².